The average molecular weight is 691 g/mol. The molecule has 0 saturated heterocycles. The first kappa shape index (κ1) is 41.4. The third-order valence-electron chi connectivity index (χ3n) is 8.20. The average Bonchev–Trinajstić information content (AvgIpc) is 3.35. The van der Waals surface area contributed by atoms with Crippen molar-refractivity contribution in [1.82, 2.24) is 0 Å². The van der Waals surface area contributed by atoms with Gasteiger partial charge in [0.05, 0.1) is 25.6 Å². The van der Waals surface area contributed by atoms with Gasteiger partial charge < -0.3 is 33.9 Å². The molecule has 274 valence electrons. The highest BCUT2D eigenvalue weighted by Crippen LogP contribution is 2.42. The van der Waals surface area contributed by atoms with E-state index in [0.717, 1.165) is 5.56 Å². The molecule has 6 atom stereocenters. The van der Waals surface area contributed by atoms with Crippen molar-refractivity contribution in [3.63, 3.8) is 0 Å². The fraction of sp³-hybridized carbons (Fsp3) is 0.649. The second kappa shape index (κ2) is 22.8. The molecule has 6 unspecified atom stereocenters. The van der Waals surface area contributed by atoms with Crippen molar-refractivity contribution < 1.29 is 57.9 Å². The highest BCUT2D eigenvalue weighted by Gasteiger charge is 2.46. The number of benzene rings is 1. The van der Waals surface area contributed by atoms with E-state index < -0.39 is 54.9 Å². The molecule has 1 aromatic rings. The third kappa shape index (κ3) is 17.5. The van der Waals surface area contributed by atoms with Crippen molar-refractivity contribution in [2.75, 3.05) is 13.2 Å². The third-order valence-corrected chi connectivity index (χ3v) is 8.20. The van der Waals surface area contributed by atoms with Crippen LogP contribution in [0.1, 0.15) is 97.5 Å². The lowest BCUT2D eigenvalue weighted by atomic mass is 9.85. The van der Waals surface area contributed by atoms with Gasteiger partial charge in [-0.25, -0.2) is 0 Å². The van der Waals surface area contributed by atoms with Crippen LogP contribution in [0.15, 0.2) is 42.5 Å². The number of carbonyl (C=O) groups excluding carboxylic acids is 5. The molecule has 1 aromatic carbocycles. The summed E-state index contributed by atoms with van der Waals surface area (Å²) in [5.74, 6) is -2.72. The zero-order valence-electron chi connectivity index (χ0n) is 29.3. The van der Waals surface area contributed by atoms with Crippen LogP contribution in [0.5, 0.6) is 0 Å². The fourth-order valence-corrected chi connectivity index (χ4v) is 5.99. The molecule has 0 spiro atoms. The summed E-state index contributed by atoms with van der Waals surface area (Å²) in [5, 5.41) is 18.3. The Balaban J connectivity index is 2.13. The number of rotatable bonds is 22. The van der Waals surface area contributed by atoms with Crippen LogP contribution in [0.2, 0.25) is 0 Å². The lowest BCUT2D eigenvalue weighted by Gasteiger charge is -2.27. The molecule has 12 nitrogen and oxygen atoms in total. The lowest BCUT2D eigenvalue weighted by Crippen LogP contribution is -2.28. The predicted molar refractivity (Wildman–Crippen MR) is 179 cm³/mol. The van der Waals surface area contributed by atoms with Crippen molar-refractivity contribution in [3.8, 4) is 0 Å². The van der Waals surface area contributed by atoms with Crippen molar-refractivity contribution >= 4 is 29.8 Å². The fourth-order valence-electron chi connectivity index (χ4n) is 5.99. The van der Waals surface area contributed by atoms with Crippen LogP contribution >= 0.6 is 0 Å². The molecular formula is C37H54O12. The predicted octanol–water partition coefficient (Wildman–Crippen LogP) is 4.56. The SMILES string of the molecule is CC(=O)OC1CC(OC(C)=O)C(CCC(CCc2ccccc2)OC(=O)CCC(=O)OCC(O)CO)C1CC=CCCCC(=O)OC(C)C. The quantitative estimate of drug-likeness (QED) is 0.0754. The van der Waals surface area contributed by atoms with Gasteiger partial charge >= 0.3 is 29.8 Å². The van der Waals surface area contributed by atoms with Crippen molar-refractivity contribution in [1.29, 1.82) is 0 Å². The molecular weight excluding hydrogens is 636 g/mol. The summed E-state index contributed by atoms with van der Waals surface area (Å²) in [6.07, 6.45) is 5.36. The molecule has 1 fully saturated rings. The molecule has 0 bridgehead atoms. The van der Waals surface area contributed by atoms with E-state index in [9.17, 15) is 29.1 Å². The van der Waals surface area contributed by atoms with Gasteiger partial charge in [-0.2, -0.15) is 0 Å². The zero-order valence-corrected chi connectivity index (χ0v) is 29.3. The Morgan fingerprint density at radius 2 is 1.47 bits per heavy atom. The zero-order chi connectivity index (χ0) is 36.2. The number of hydrogen-bond donors (Lipinski definition) is 2. The molecule has 2 rings (SSSR count). The number of unbranched alkanes of at least 4 members (excludes halogenated alkanes) is 1. The van der Waals surface area contributed by atoms with E-state index in [1.807, 2.05) is 56.3 Å². The van der Waals surface area contributed by atoms with Gasteiger partial charge in [0.1, 0.15) is 31.0 Å². The van der Waals surface area contributed by atoms with E-state index in [2.05, 4.69) is 0 Å². The molecule has 0 radical (unpaired) electrons. The maximum Gasteiger partial charge on any atom is 0.306 e. The van der Waals surface area contributed by atoms with Crippen LogP contribution in [0.3, 0.4) is 0 Å². The first-order valence-corrected chi connectivity index (χ1v) is 17.2. The minimum absolute atomic E-state index is 0.158. The number of allylic oxidation sites excluding steroid dienone is 2. The van der Waals surface area contributed by atoms with Crippen LogP contribution in [0.25, 0.3) is 0 Å². The number of aryl methyl sites for hydroxylation is 1. The number of aliphatic hydroxyl groups is 2. The summed E-state index contributed by atoms with van der Waals surface area (Å²) in [7, 11) is 0. The topological polar surface area (TPSA) is 172 Å². The van der Waals surface area contributed by atoms with Gasteiger partial charge in [-0.05, 0) is 64.4 Å². The van der Waals surface area contributed by atoms with Crippen molar-refractivity contribution in [2.45, 2.75) is 129 Å². The lowest BCUT2D eigenvalue weighted by molar-refractivity contribution is -0.155. The van der Waals surface area contributed by atoms with Gasteiger partial charge in [-0.15, -0.1) is 0 Å². The van der Waals surface area contributed by atoms with E-state index in [-0.39, 0.29) is 43.4 Å². The number of esters is 5. The molecule has 1 aliphatic carbocycles. The molecule has 0 aromatic heterocycles. The maximum atomic E-state index is 12.8. The molecule has 12 heteroatoms. The largest absolute Gasteiger partial charge is 0.463 e. The number of carbonyl (C=O) groups is 5. The summed E-state index contributed by atoms with van der Waals surface area (Å²) in [6, 6.07) is 9.76. The Kier molecular flexibility index (Phi) is 19.3. The Hall–Kier alpha value is -3.77. The van der Waals surface area contributed by atoms with Crippen LogP contribution in [0, 0.1) is 11.8 Å². The second-order valence-electron chi connectivity index (χ2n) is 12.7. The van der Waals surface area contributed by atoms with Crippen LogP contribution < -0.4 is 0 Å². The first-order chi connectivity index (χ1) is 23.4. The smallest absolute Gasteiger partial charge is 0.306 e. The number of hydrogen-bond acceptors (Lipinski definition) is 12. The van der Waals surface area contributed by atoms with Gasteiger partial charge in [0.15, 0.2) is 0 Å². The highest BCUT2D eigenvalue weighted by atomic mass is 16.6. The first-order valence-electron chi connectivity index (χ1n) is 17.2. The van der Waals surface area contributed by atoms with Gasteiger partial charge in [0, 0.05) is 38.5 Å². The Morgan fingerprint density at radius 3 is 2.10 bits per heavy atom. The molecule has 2 N–H and O–H groups in total. The normalized spacial score (nSPS) is 20.1. The summed E-state index contributed by atoms with van der Waals surface area (Å²) < 4.78 is 27.4. The Labute approximate surface area is 289 Å². The number of aliphatic hydroxyl groups excluding tert-OH is 2. The summed E-state index contributed by atoms with van der Waals surface area (Å²) in [4.78, 5) is 60.8. The van der Waals surface area contributed by atoms with Crippen LogP contribution in [-0.4, -0.2) is 83.8 Å². The van der Waals surface area contributed by atoms with Crippen LogP contribution in [-0.2, 0) is 54.1 Å². The maximum absolute atomic E-state index is 12.8. The van der Waals surface area contributed by atoms with Crippen molar-refractivity contribution in [2.24, 2.45) is 11.8 Å². The minimum atomic E-state index is -1.19. The molecule has 49 heavy (non-hydrogen) atoms. The van der Waals surface area contributed by atoms with E-state index in [1.54, 1.807) is 0 Å². The van der Waals surface area contributed by atoms with Crippen LogP contribution in [0.4, 0.5) is 0 Å². The second-order valence-corrected chi connectivity index (χ2v) is 12.7. The number of ether oxygens (including phenoxy) is 5. The minimum Gasteiger partial charge on any atom is -0.463 e. The Bertz CT molecular complexity index is 1200. The van der Waals surface area contributed by atoms with E-state index in [0.29, 0.717) is 57.8 Å². The molecule has 0 aliphatic heterocycles. The van der Waals surface area contributed by atoms with Crippen molar-refractivity contribution in [3.05, 3.63) is 48.0 Å². The monoisotopic (exact) mass is 690 g/mol. The summed E-state index contributed by atoms with van der Waals surface area (Å²) >= 11 is 0. The van der Waals surface area contributed by atoms with E-state index in [4.69, 9.17) is 28.8 Å². The highest BCUT2D eigenvalue weighted by molar-refractivity contribution is 5.77. The van der Waals surface area contributed by atoms with Gasteiger partial charge in [0.25, 0.3) is 0 Å². The Morgan fingerprint density at radius 1 is 0.837 bits per heavy atom. The van der Waals surface area contributed by atoms with Gasteiger partial charge in [-0.1, -0.05) is 42.5 Å². The van der Waals surface area contributed by atoms with Gasteiger partial charge in [-0.3, -0.25) is 24.0 Å². The van der Waals surface area contributed by atoms with E-state index >= 15 is 0 Å². The molecule has 0 amide bonds. The molecule has 1 aliphatic rings. The molecule has 0 heterocycles. The molecule has 1 saturated carbocycles. The van der Waals surface area contributed by atoms with Gasteiger partial charge in [0.2, 0.25) is 0 Å². The van der Waals surface area contributed by atoms with E-state index in [1.165, 1.54) is 13.8 Å². The summed E-state index contributed by atoms with van der Waals surface area (Å²) in [5.41, 5.74) is 1.07. The standard InChI is InChI=1S/C37H54O12/c1-25(2)46-36(43)15-11-6-5-10-14-31-32(34(48-27(4)40)22-33(31)47-26(3)39)19-18-30(17-16-28-12-8-7-9-13-28)49-37(44)21-20-35(42)45-24-29(41)23-38/h5,7-10,12-13,25,29-34,38,41H,6,11,14-24H2,1-4H3. The summed E-state index contributed by atoms with van der Waals surface area (Å²) in [6.45, 7) is 5.39.